The first-order valence-corrected chi connectivity index (χ1v) is 7.31. The molecule has 0 aliphatic rings. The Morgan fingerprint density at radius 3 is 2.76 bits per heavy atom. The number of carbonyl (C=O) groups excluding carboxylic acids is 1. The molecule has 0 atom stereocenters. The zero-order chi connectivity index (χ0) is 15.6. The van der Waals surface area contributed by atoms with Gasteiger partial charge in [-0.3, -0.25) is 19.1 Å². The number of aromatic nitrogens is 3. The van der Waals surface area contributed by atoms with Crippen molar-refractivity contribution in [3.63, 3.8) is 0 Å². The quantitative estimate of drug-likeness (QED) is 0.873. The van der Waals surface area contributed by atoms with Gasteiger partial charge in [0.05, 0.1) is 12.1 Å². The highest BCUT2D eigenvalue weighted by atomic mass is 32.1. The van der Waals surface area contributed by atoms with E-state index in [-0.39, 0.29) is 18.5 Å². The minimum atomic E-state index is -0.493. The molecule has 1 amide bonds. The van der Waals surface area contributed by atoms with Crippen molar-refractivity contribution in [1.82, 2.24) is 19.9 Å². The number of amides is 1. The van der Waals surface area contributed by atoms with E-state index < -0.39 is 11.2 Å². The van der Waals surface area contributed by atoms with Crippen LogP contribution in [0.3, 0.4) is 0 Å². The number of nitrogens with zero attached hydrogens (tertiary/aromatic N) is 2. The second kappa shape index (κ2) is 6.04. The minimum absolute atomic E-state index is 0.0415. The maximum absolute atomic E-state index is 11.9. The van der Waals surface area contributed by atoms with Gasteiger partial charge < -0.3 is 5.32 Å². The topological polar surface area (TPSA) is 96.9 Å². The molecule has 0 spiro atoms. The largest absolute Gasteiger partial charge is 0.346 e. The SMILES string of the molecule is Cc1csc(C(=O)NCc2cn(C(C)C)c(=O)[nH]c2=O)n1. The van der Waals surface area contributed by atoms with Crippen molar-refractivity contribution in [2.24, 2.45) is 0 Å². The second-order valence-electron chi connectivity index (χ2n) is 4.89. The number of aryl methyl sites for hydroxylation is 1. The van der Waals surface area contributed by atoms with E-state index in [1.807, 2.05) is 13.8 Å². The van der Waals surface area contributed by atoms with E-state index in [1.54, 1.807) is 12.3 Å². The van der Waals surface area contributed by atoms with Crippen molar-refractivity contribution in [1.29, 1.82) is 0 Å². The number of aromatic amines is 1. The van der Waals surface area contributed by atoms with Crippen LogP contribution in [0, 0.1) is 6.92 Å². The Morgan fingerprint density at radius 1 is 1.48 bits per heavy atom. The molecule has 0 saturated carbocycles. The molecule has 7 nitrogen and oxygen atoms in total. The zero-order valence-electron chi connectivity index (χ0n) is 12.0. The lowest BCUT2D eigenvalue weighted by Crippen LogP contribution is -2.35. The van der Waals surface area contributed by atoms with Gasteiger partial charge >= 0.3 is 5.69 Å². The van der Waals surface area contributed by atoms with Crippen molar-refractivity contribution in [2.75, 3.05) is 0 Å². The molecule has 2 heterocycles. The van der Waals surface area contributed by atoms with Crippen LogP contribution in [0.4, 0.5) is 0 Å². The molecule has 8 heteroatoms. The van der Waals surface area contributed by atoms with Gasteiger partial charge in [-0.1, -0.05) is 0 Å². The van der Waals surface area contributed by atoms with Crippen LogP contribution in [-0.2, 0) is 6.54 Å². The number of hydrogen-bond acceptors (Lipinski definition) is 5. The summed E-state index contributed by atoms with van der Waals surface area (Å²) in [5, 5.41) is 4.76. The van der Waals surface area contributed by atoms with E-state index in [9.17, 15) is 14.4 Å². The lowest BCUT2D eigenvalue weighted by Gasteiger charge is -2.10. The summed E-state index contributed by atoms with van der Waals surface area (Å²) in [5.41, 5.74) is 0.148. The van der Waals surface area contributed by atoms with Crippen LogP contribution in [0.15, 0.2) is 21.2 Å². The highest BCUT2D eigenvalue weighted by Crippen LogP contribution is 2.08. The third-order valence-electron chi connectivity index (χ3n) is 2.85. The summed E-state index contributed by atoms with van der Waals surface area (Å²) >= 11 is 1.24. The fourth-order valence-corrected chi connectivity index (χ4v) is 2.46. The van der Waals surface area contributed by atoms with Crippen molar-refractivity contribution >= 4 is 17.2 Å². The zero-order valence-corrected chi connectivity index (χ0v) is 12.8. The average molecular weight is 308 g/mol. The van der Waals surface area contributed by atoms with Crippen molar-refractivity contribution in [3.8, 4) is 0 Å². The molecule has 2 aromatic heterocycles. The molecule has 0 unspecified atom stereocenters. The summed E-state index contributed by atoms with van der Waals surface area (Å²) in [6.07, 6.45) is 1.47. The lowest BCUT2D eigenvalue weighted by atomic mass is 10.3. The van der Waals surface area contributed by atoms with Crippen LogP contribution in [0.1, 0.15) is 40.9 Å². The van der Waals surface area contributed by atoms with Crippen LogP contribution in [0.5, 0.6) is 0 Å². The van der Waals surface area contributed by atoms with E-state index in [4.69, 9.17) is 0 Å². The summed E-state index contributed by atoms with van der Waals surface area (Å²) in [6.45, 7) is 5.51. The highest BCUT2D eigenvalue weighted by molar-refractivity contribution is 7.11. The molecule has 2 rings (SSSR count). The Labute approximate surface area is 124 Å². The van der Waals surface area contributed by atoms with Gasteiger partial charge in [0.25, 0.3) is 11.5 Å². The van der Waals surface area contributed by atoms with Crippen molar-refractivity contribution in [3.05, 3.63) is 48.7 Å². The molecule has 2 N–H and O–H groups in total. The van der Waals surface area contributed by atoms with Crippen LogP contribution in [0.25, 0.3) is 0 Å². The van der Waals surface area contributed by atoms with E-state index in [1.165, 1.54) is 22.1 Å². The molecule has 0 aliphatic heterocycles. The molecule has 0 fully saturated rings. The number of rotatable bonds is 4. The van der Waals surface area contributed by atoms with Crippen LogP contribution < -0.4 is 16.6 Å². The number of hydrogen-bond donors (Lipinski definition) is 2. The molecular weight excluding hydrogens is 292 g/mol. The van der Waals surface area contributed by atoms with E-state index >= 15 is 0 Å². The summed E-state index contributed by atoms with van der Waals surface area (Å²) in [6, 6.07) is -0.0783. The third-order valence-corrected chi connectivity index (χ3v) is 3.81. The Balaban J connectivity index is 2.17. The molecule has 0 saturated heterocycles. The molecular formula is C13H16N4O3S. The van der Waals surface area contributed by atoms with E-state index in [0.29, 0.717) is 10.6 Å². The van der Waals surface area contributed by atoms with Gasteiger partial charge in [-0.05, 0) is 20.8 Å². The Kier molecular flexibility index (Phi) is 4.37. The molecule has 0 bridgehead atoms. The summed E-state index contributed by atoms with van der Waals surface area (Å²) < 4.78 is 1.41. The molecule has 0 aliphatic carbocycles. The highest BCUT2D eigenvalue weighted by Gasteiger charge is 2.12. The van der Waals surface area contributed by atoms with Gasteiger partial charge in [-0.15, -0.1) is 11.3 Å². The number of carbonyl (C=O) groups is 1. The van der Waals surface area contributed by atoms with Gasteiger partial charge in [0.15, 0.2) is 5.01 Å². The van der Waals surface area contributed by atoms with E-state index in [0.717, 1.165) is 5.69 Å². The first-order chi connectivity index (χ1) is 9.88. The third kappa shape index (κ3) is 3.46. The van der Waals surface area contributed by atoms with E-state index in [2.05, 4.69) is 15.3 Å². The maximum atomic E-state index is 11.9. The molecule has 21 heavy (non-hydrogen) atoms. The van der Waals surface area contributed by atoms with Crippen LogP contribution >= 0.6 is 11.3 Å². The molecule has 0 aromatic carbocycles. The van der Waals surface area contributed by atoms with Crippen LogP contribution in [-0.4, -0.2) is 20.4 Å². The van der Waals surface area contributed by atoms with Crippen LogP contribution in [0.2, 0.25) is 0 Å². The Bertz CT molecular complexity index is 772. The van der Waals surface area contributed by atoms with Gasteiger partial charge in [-0.25, -0.2) is 9.78 Å². The Hall–Kier alpha value is -2.22. The molecule has 2 aromatic rings. The molecule has 0 radical (unpaired) electrons. The fourth-order valence-electron chi connectivity index (χ4n) is 1.75. The second-order valence-corrected chi connectivity index (χ2v) is 5.75. The predicted molar refractivity (Wildman–Crippen MR) is 79.7 cm³/mol. The number of H-pyrrole nitrogens is 1. The van der Waals surface area contributed by atoms with Gasteiger partial charge in [-0.2, -0.15) is 0 Å². The Morgan fingerprint density at radius 2 is 2.19 bits per heavy atom. The summed E-state index contributed by atoms with van der Waals surface area (Å²) in [4.78, 5) is 41.5. The monoisotopic (exact) mass is 308 g/mol. The van der Waals surface area contributed by atoms with Gasteiger partial charge in [0.2, 0.25) is 0 Å². The summed E-state index contributed by atoms with van der Waals surface area (Å²) in [7, 11) is 0. The normalized spacial score (nSPS) is 10.9. The number of thiazole rings is 1. The summed E-state index contributed by atoms with van der Waals surface area (Å²) in [5.74, 6) is -0.338. The van der Waals surface area contributed by atoms with Gasteiger partial charge in [0, 0.05) is 23.3 Å². The smallest absolute Gasteiger partial charge is 0.328 e. The number of nitrogens with one attached hydrogen (secondary N) is 2. The average Bonchev–Trinajstić information content (AvgIpc) is 2.83. The van der Waals surface area contributed by atoms with Crippen molar-refractivity contribution < 1.29 is 4.79 Å². The van der Waals surface area contributed by atoms with Crippen molar-refractivity contribution in [2.45, 2.75) is 33.4 Å². The first kappa shape index (κ1) is 15.2. The predicted octanol–water partition coefficient (Wildman–Crippen LogP) is 0.812. The minimum Gasteiger partial charge on any atom is -0.346 e. The van der Waals surface area contributed by atoms with Gasteiger partial charge in [0.1, 0.15) is 0 Å². The molecule has 112 valence electrons. The first-order valence-electron chi connectivity index (χ1n) is 6.43. The fraction of sp³-hybridized carbons (Fsp3) is 0.385. The standard InChI is InChI=1S/C13H16N4O3S/c1-7(2)17-5-9(10(18)16-13(17)20)4-14-11(19)12-15-8(3)6-21-12/h5-7H,4H2,1-3H3,(H,14,19)(H,16,18,20). The maximum Gasteiger partial charge on any atom is 0.328 e. The lowest BCUT2D eigenvalue weighted by molar-refractivity contribution is 0.0950.